The molecule has 0 aliphatic rings. The van der Waals surface area contributed by atoms with E-state index in [2.05, 4.69) is 26.7 Å². The smallest absolute Gasteiger partial charge is 0.0954 e. The number of hydrogen-bond donors (Lipinski definition) is 1. The van der Waals surface area contributed by atoms with E-state index in [-0.39, 0.29) is 6.04 Å². The molecule has 1 atom stereocenters. The number of hydrogen-bond acceptors (Lipinski definition) is 1. The van der Waals surface area contributed by atoms with Gasteiger partial charge in [0.05, 0.1) is 12.4 Å². The number of benzene rings is 2. The van der Waals surface area contributed by atoms with Crippen molar-refractivity contribution >= 4 is 23.2 Å². The number of nitrogens with zero attached hydrogens (tertiary/aromatic N) is 2. The first kappa shape index (κ1) is 16.0. The summed E-state index contributed by atoms with van der Waals surface area (Å²) in [5, 5.41) is 1.26. The Hall–Kier alpha value is -2.49. The summed E-state index contributed by atoms with van der Waals surface area (Å²) in [4.78, 5) is 7.44. The van der Waals surface area contributed by atoms with Crippen LogP contribution in [-0.2, 0) is 0 Å². The molecule has 2 heterocycles. The van der Waals surface area contributed by atoms with Gasteiger partial charge in [-0.05, 0) is 17.7 Å². The summed E-state index contributed by atoms with van der Waals surface area (Å²) in [6, 6.07) is 15.9. The molecule has 3 nitrogen and oxygen atoms in total. The van der Waals surface area contributed by atoms with Gasteiger partial charge in [0.25, 0.3) is 0 Å². The molecule has 124 valence electrons. The SMILES string of the molecule is Clc1ccc(-c2c[nH]cc2[C@H](c2ccccc2)n2ccnc2)c(Cl)c1. The minimum atomic E-state index is -0.00306. The molecule has 0 saturated heterocycles. The standard InChI is InChI=1S/C20H15Cl2N3/c21-15-6-7-16(19(22)10-15)17-11-24-12-18(17)20(25-9-8-23-13-25)14-4-2-1-3-5-14/h1-13,20,24H/t20-/m0/s1. The average Bonchev–Trinajstić information content (AvgIpc) is 3.29. The molecule has 0 aliphatic heterocycles. The molecule has 0 fully saturated rings. The van der Waals surface area contributed by atoms with Gasteiger partial charge in [-0.15, -0.1) is 0 Å². The predicted octanol–water partition coefficient (Wildman–Crippen LogP) is 5.82. The number of H-pyrrole nitrogens is 1. The van der Waals surface area contributed by atoms with E-state index >= 15 is 0 Å². The topological polar surface area (TPSA) is 33.6 Å². The van der Waals surface area contributed by atoms with Crippen molar-refractivity contribution < 1.29 is 0 Å². The summed E-state index contributed by atoms with van der Waals surface area (Å²) >= 11 is 12.5. The van der Waals surface area contributed by atoms with Crippen molar-refractivity contribution in [2.75, 3.05) is 0 Å². The molecular weight excluding hydrogens is 353 g/mol. The van der Waals surface area contributed by atoms with E-state index in [1.807, 2.05) is 55.2 Å². The van der Waals surface area contributed by atoms with Crippen LogP contribution in [0.25, 0.3) is 11.1 Å². The number of aromatic nitrogens is 3. The second kappa shape index (κ2) is 6.79. The minimum absolute atomic E-state index is 0.00306. The van der Waals surface area contributed by atoms with Gasteiger partial charge in [-0.2, -0.15) is 0 Å². The molecule has 0 aliphatic carbocycles. The third kappa shape index (κ3) is 3.09. The van der Waals surface area contributed by atoms with E-state index in [1.165, 1.54) is 5.56 Å². The van der Waals surface area contributed by atoms with E-state index in [4.69, 9.17) is 23.2 Å². The molecule has 0 amide bonds. The Morgan fingerprint density at radius 2 is 1.80 bits per heavy atom. The lowest BCUT2D eigenvalue weighted by atomic mass is 9.94. The van der Waals surface area contributed by atoms with Gasteiger partial charge in [0.1, 0.15) is 0 Å². The van der Waals surface area contributed by atoms with Crippen LogP contribution in [0.1, 0.15) is 17.2 Å². The van der Waals surface area contributed by atoms with Gasteiger partial charge in [-0.1, -0.05) is 59.6 Å². The first-order valence-corrected chi connectivity index (χ1v) is 8.64. The molecular formula is C20H15Cl2N3. The summed E-state index contributed by atoms with van der Waals surface area (Å²) in [5.41, 5.74) is 4.28. The Balaban J connectivity index is 1.89. The molecule has 2 aromatic carbocycles. The molecule has 4 aromatic rings. The molecule has 25 heavy (non-hydrogen) atoms. The highest BCUT2D eigenvalue weighted by molar-refractivity contribution is 6.36. The fraction of sp³-hybridized carbons (Fsp3) is 0.0500. The largest absolute Gasteiger partial charge is 0.367 e. The van der Waals surface area contributed by atoms with Crippen molar-refractivity contribution in [3.8, 4) is 11.1 Å². The van der Waals surface area contributed by atoms with E-state index in [9.17, 15) is 0 Å². The van der Waals surface area contributed by atoms with Crippen LogP contribution in [0.2, 0.25) is 10.0 Å². The second-order valence-electron chi connectivity index (χ2n) is 5.77. The minimum Gasteiger partial charge on any atom is -0.367 e. The fourth-order valence-electron chi connectivity index (χ4n) is 3.11. The van der Waals surface area contributed by atoms with Gasteiger partial charge in [0.2, 0.25) is 0 Å². The lowest BCUT2D eigenvalue weighted by Crippen LogP contribution is -2.10. The quantitative estimate of drug-likeness (QED) is 0.484. The van der Waals surface area contributed by atoms with Gasteiger partial charge >= 0.3 is 0 Å². The molecule has 0 saturated carbocycles. The highest BCUT2D eigenvalue weighted by atomic mass is 35.5. The maximum atomic E-state index is 6.45. The maximum Gasteiger partial charge on any atom is 0.0954 e. The van der Waals surface area contributed by atoms with Crippen molar-refractivity contribution in [3.63, 3.8) is 0 Å². The highest BCUT2D eigenvalue weighted by Crippen LogP contribution is 2.38. The summed E-state index contributed by atoms with van der Waals surface area (Å²) < 4.78 is 2.09. The number of halogens is 2. The molecule has 0 unspecified atom stereocenters. The third-order valence-corrected chi connectivity index (χ3v) is 4.78. The Morgan fingerprint density at radius 1 is 0.960 bits per heavy atom. The molecule has 5 heteroatoms. The molecule has 0 bridgehead atoms. The number of nitrogens with one attached hydrogen (secondary N) is 1. The Bertz CT molecular complexity index is 975. The number of imidazole rings is 1. The lowest BCUT2D eigenvalue weighted by molar-refractivity contribution is 0.679. The molecule has 0 spiro atoms. The molecule has 4 rings (SSSR count). The summed E-state index contributed by atoms with van der Waals surface area (Å²) in [5.74, 6) is 0. The van der Waals surface area contributed by atoms with E-state index < -0.39 is 0 Å². The van der Waals surface area contributed by atoms with Crippen LogP contribution in [-0.4, -0.2) is 14.5 Å². The monoisotopic (exact) mass is 367 g/mol. The summed E-state index contributed by atoms with van der Waals surface area (Å²) in [6.07, 6.45) is 9.57. The fourth-order valence-corrected chi connectivity index (χ4v) is 3.62. The zero-order chi connectivity index (χ0) is 17.2. The first-order chi connectivity index (χ1) is 12.2. The van der Waals surface area contributed by atoms with E-state index in [0.29, 0.717) is 10.0 Å². The summed E-state index contributed by atoms with van der Waals surface area (Å²) in [7, 11) is 0. The van der Waals surface area contributed by atoms with Gasteiger partial charge in [0.15, 0.2) is 0 Å². The first-order valence-electron chi connectivity index (χ1n) is 7.88. The zero-order valence-corrected chi connectivity index (χ0v) is 14.7. The molecule has 0 radical (unpaired) electrons. The Labute approximate surface area is 155 Å². The molecule has 1 N–H and O–H groups in total. The third-order valence-electron chi connectivity index (χ3n) is 4.23. The number of rotatable bonds is 4. The van der Waals surface area contributed by atoms with Crippen molar-refractivity contribution in [1.82, 2.24) is 14.5 Å². The zero-order valence-electron chi connectivity index (χ0n) is 13.2. The van der Waals surface area contributed by atoms with Crippen LogP contribution in [0.15, 0.2) is 79.6 Å². The van der Waals surface area contributed by atoms with Crippen molar-refractivity contribution in [3.05, 3.63) is 101 Å². The van der Waals surface area contributed by atoms with Crippen molar-refractivity contribution in [1.29, 1.82) is 0 Å². The Morgan fingerprint density at radius 3 is 2.52 bits per heavy atom. The van der Waals surface area contributed by atoms with Gasteiger partial charge in [-0.3, -0.25) is 0 Å². The second-order valence-corrected chi connectivity index (χ2v) is 6.62. The van der Waals surface area contributed by atoms with Crippen LogP contribution >= 0.6 is 23.2 Å². The summed E-state index contributed by atoms with van der Waals surface area (Å²) in [6.45, 7) is 0. The van der Waals surface area contributed by atoms with Gasteiger partial charge in [-0.25, -0.2) is 4.98 Å². The average molecular weight is 368 g/mol. The lowest BCUT2D eigenvalue weighted by Gasteiger charge is -2.20. The van der Waals surface area contributed by atoms with Crippen molar-refractivity contribution in [2.24, 2.45) is 0 Å². The maximum absolute atomic E-state index is 6.45. The van der Waals surface area contributed by atoms with Crippen LogP contribution in [0.4, 0.5) is 0 Å². The van der Waals surface area contributed by atoms with Crippen molar-refractivity contribution in [2.45, 2.75) is 6.04 Å². The normalized spacial score (nSPS) is 12.2. The van der Waals surface area contributed by atoms with E-state index in [1.54, 1.807) is 12.3 Å². The van der Waals surface area contributed by atoms with Crippen LogP contribution in [0.5, 0.6) is 0 Å². The predicted molar refractivity (Wildman–Crippen MR) is 102 cm³/mol. The van der Waals surface area contributed by atoms with Crippen LogP contribution in [0.3, 0.4) is 0 Å². The van der Waals surface area contributed by atoms with Crippen LogP contribution in [0, 0.1) is 0 Å². The van der Waals surface area contributed by atoms with Gasteiger partial charge < -0.3 is 9.55 Å². The number of aromatic amines is 1. The molecule has 2 aromatic heterocycles. The van der Waals surface area contributed by atoms with Crippen LogP contribution < -0.4 is 0 Å². The Kier molecular flexibility index (Phi) is 4.35. The van der Waals surface area contributed by atoms with Gasteiger partial charge in [0, 0.05) is 51.5 Å². The van der Waals surface area contributed by atoms with E-state index in [0.717, 1.165) is 16.7 Å². The highest BCUT2D eigenvalue weighted by Gasteiger charge is 2.21.